The van der Waals surface area contributed by atoms with Crippen LogP contribution in [0.3, 0.4) is 0 Å². The van der Waals surface area contributed by atoms with Gasteiger partial charge in [-0.25, -0.2) is 8.78 Å². The zero-order valence-corrected chi connectivity index (χ0v) is 20.4. The van der Waals surface area contributed by atoms with Crippen molar-refractivity contribution in [2.75, 3.05) is 25.1 Å². The summed E-state index contributed by atoms with van der Waals surface area (Å²) in [6.07, 6.45) is 0.468. The number of nitrogens with one attached hydrogen (secondary N) is 1. The number of carbonyl (C=O) groups excluding carboxylic acids is 1. The standard InChI is InChI=1S/C28H25F2N3O4/c1-3-35-28-32-22-11-20(29)21(30)12-25(22)33(28)24-6-4-5-19-23(14-37-27(19)24)31-17-7-8-18-16(9-15(2)34)13-36-26(18)10-17/h4-8,10-12,16,23,31H,3,9,13-14H2,1-2H3. The third-order valence-corrected chi connectivity index (χ3v) is 6.74. The average Bonchev–Trinajstić information content (AvgIpc) is 3.55. The van der Waals surface area contributed by atoms with E-state index in [0.717, 1.165) is 34.7 Å². The Bertz CT molecular complexity index is 1530. The Morgan fingerprint density at radius 1 is 1.11 bits per heavy atom. The number of anilines is 1. The molecule has 0 saturated carbocycles. The number of fused-ring (bicyclic) bond motifs is 3. The molecule has 190 valence electrons. The van der Waals surface area contributed by atoms with Crippen LogP contribution in [0.2, 0.25) is 0 Å². The number of hydrogen-bond donors (Lipinski definition) is 1. The summed E-state index contributed by atoms with van der Waals surface area (Å²) in [5, 5.41) is 3.51. The van der Waals surface area contributed by atoms with Crippen LogP contribution in [0.25, 0.3) is 16.7 Å². The molecule has 0 fully saturated rings. The predicted molar refractivity (Wildman–Crippen MR) is 134 cm³/mol. The largest absolute Gasteiger partial charge is 0.493 e. The number of Topliss-reactive ketones (excluding diaryl/α,β-unsaturated/α-hetero) is 1. The van der Waals surface area contributed by atoms with E-state index in [-0.39, 0.29) is 29.3 Å². The molecule has 2 aliphatic heterocycles. The van der Waals surface area contributed by atoms with Gasteiger partial charge in [0.25, 0.3) is 0 Å². The Labute approximate surface area is 212 Å². The lowest BCUT2D eigenvalue weighted by atomic mass is 9.96. The molecule has 1 N–H and O–H groups in total. The van der Waals surface area contributed by atoms with Gasteiger partial charge in [0.05, 0.1) is 36.0 Å². The first-order valence-corrected chi connectivity index (χ1v) is 12.2. The summed E-state index contributed by atoms with van der Waals surface area (Å²) in [7, 11) is 0. The van der Waals surface area contributed by atoms with E-state index in [1.165, 1.54) is 0 Å². The number of nitrogens with zero attached hydrogens (tertiary/aromatic N) is 2. The topological polar surface area (TPSA) is 74.6 Å². The number of imidazole rings is 1. The van der Waals surface area contributed by atoms with E-state index in [4.69, 9.17) is 14.2 Å². The van der Waals surface area contributed by atoms with Crippen LogP contribution in [0.5, 0.6) is 17.5 Å². The second-order valence-electron chi connectivity index (χ2n) is 9.29. The molecular weight excluding hydrogens is 480 g/mol. The Kier molecular flexibility index (Phi) is 5.70. The molecule has 2 atom stereocenters. The number of benzene rings is 3. The highest BCUT2D eigenvalue weighted by atomic mass is 19.2. The van der Waals surface area contributed by atoms with Gasteiger partial charge in [-0.15, -0.1) is 0 Å². The molecule has 3 heterocycles. The van der Waals surface area contributed by atoms with Crippen LogP contribution in [0.1, 0.15) is 43.4 Å². The van der Waals surface area contributed by atoms with Crippen molar-refractivity contribution in [2.45, 2.75) is 32.2 Å². The maximum absolute atomic E-state index is 14.2. The lowest BCUT2D eigenvalue weighted by Gasteiger charge is -2.15. The third kappa shape index (κ3) is 4.04. The van der Waals surface area contributed by atoms with E-state index in [1.807, 2.05) is 43.3 Å². The maximum Gasteiger partial charge on any atom is 0.302 e. The fraction of sp³-hybridized carbons (Fsp3) is 0.286. The van der Waals surface area contributed by atoms with Gasteiger partial charge in [0.1, 0.15) is 23.9 Å². The number of ether oxygens (including phenoxy) is 3. The molecule has 0 bridgehead atoms. The normalized spacial score (nSPS) is 17.7. The Hall–Kier alpha value is -4.14. The van der Waals surface area contributed by atoms with Crippen molar-refractivity contribution in [3.05, 3.63) is 71.3 Å². The first-order chi connectivity index (χ1) is 17.9. The van der Waals surface area contributed by atoms with E-state index in [2.05, 4.69) is 10.3 Å². The molecule has 37 heavy (non-hydrogen) atoms. The maximum atomic E-state index is 14.2. The Morgan fingerprint density at radius 3 is 2.76 bits per heavy atom. The van der Waals surface area contributed by atoms with Gasteiger partial charge >= 0.3 is 6.01 Å². The molecule has 0 spiro atoms. The van der Waals surface area contributed by atoms with Crippen molar-refractivity contribution in [3.8, 4) is 23.2 Å². The highest BCUT2D eigenvalue weighted by molar-refractivity contribution is 5.81. The lowest BCUT2D eigenvalue weighted by molar-refractivity contribution is -0.117. The van der Waals surface area contributed by atoms with Crippen LogP contribution in [-0.4, -0.2) is 35.2 Å². The summed E-state index contributed by atoms with van der Waals surface area (Å²) in [4.78, 5) is 15.9. The summed E-state index contributed by atoms with van der Waals surface area (Å²) in [5.74, 6) is -0.305. The number of ketones is 1. The van der Waals surface area contributed by atoms with Gasteiger partial charge in [0.15, 0.2) is 11.6 Å². The van der Waals surface area contributed by atoms with Gasteiger partial charge in [-0.2, -0.15) is 4.98 Å². The fourth-order valence-electron chi connectivity index (χ4n) is 5.12. The van der Waals surface area contributed by atoms with Crippen LogP contribution in [0.4, 0.5) is 14.5 Å². The van der Waals surface area contributed by atoms with Crippen molar-refractivity contribution in [1.82, 2.24) is 9.55 Å². The smallest absolute Gasteiger partial charge is 0.302 e. The van der Waals surface area contributed by atoms with Gasteiger partial charge in [-0.05, 0) is 26.0 Å². The number of para-hydroxylation sites is 1. The third-order valence-electron chi connectivity index (χ3n) is 6.74. The van der Waals surface area contributed by atoms with E-state index in [9.17, 15) is 13.6 Å². The minimum Gasteiger partial charge on any atom is -0.493 e. The number of halogens is 2. The van der Waals surface area contributed by atoms with Crippen LogP contribution in [0.15, 0.2) is 48.5 Å². The summed E-state index contributed by atoms with van der Waals surface area (Å²) >= 11 is 0. The first kappa shape index (κ1) is 23.3. The van der Waals surface area contributed by atoms with Crippen molar-refractivity contribution in [1.29, 1.82) is 0 Å². The summed E-state index contributed by atoms with van der Waals surface area (Å²) in [6.45, 7) is 4.62. The molecule has 0 amide bonds. The Balaban J connectivity index is 1.34. The molecule has 0 aliphatic carbocycles. The average molecular weight is 506 g/mol. The van der Waals surface area contributed by atoms with Gasteiger partial charge in [0, 0.05) is 47.4 Å². The van der Waals surface area contributed by atoms with Crippen molar-refractivity contribution in [2.24, 2.45) is 0 Å². The molecule has 9 heteroatoms. The number of rotatable bonds is 7. The molecule has 0 saturated heterocycles. The number of hydrogen-bond acceptors (Lipinski definition) is 6. The second-order valence-corrected chi connectivity index (χ2v) is 9.29. The molecule has 0 radical (unpaired) electrons. The number of aromatic nitrogens is 2. The summed E-state index contributed by atoms with van der Waals surface area (Å²) in [5.41, 5.74) is 4.13. The molecule has 3 aromatic carbocycles. The molecule has 4 aromatic rings. The number of carbonyl (C=O) groups is 1. The van der Waals surface area contributed by atoms with Crippen molar-refractivity contribution < 1.29 is 27.8 Å². The highest BCUT2D eigenvalue weighted by Crippen LogP contribution is 2.43. The van der Waals surface area contributed by atoms with Gasteiger partial charge in [-0.1, -0.05) is 18.2 Å². The SMILES string of the molecule is CCOc1nc2cc(F)c(F)cc2n1-c1cccc2c1OCC2Nc1ccc2c(c1)OCC2CC(C)=O. The fourth-order valence-corrected chi connectivity index (χ4v) is 5.12. The van der Waals surface area contributed by atoms with Crippen LogP contribution < -0.4 is 19.5 Å². The molecule has 1 aromatic heterocycles. The van der Waals surface area contributed by atoms with Crippen LogP contribution >= 0.6 is 0 Å². The van der Waals surface area contributed by atoms with Crippen LogP contribution in [-0.2, 0) is 4.79 Å². The molecule has 2 aliphatic rings. The van der Waals surface area contributed by atoms with Crippen molar-refractivity contribution >= 4 is 22.5 Å². The first-order valence-electron chi connectivity index (χ1n) is 12.2. The van der Waals surface area contributed by atoms with E-state index >= 15 is 0 Å². The minimum atomic E-state index is -0.968. The summed E-state index contributed by atoms with van der Waals surface area (Å²) in [6, 6.07) is 13.9. The summed E-state index contributed by atoms with van der Waals surface area (Å²) < 4.78 is 47.4. The molecular formula is C28H25F2N3O4. The second kappa shape index (κ2) is 9.06. The zero-order valence-electron chi connectivity index (χ0n) is 20.4. The molecule has 6 rings (SSSR count). The molecule has 2 unspecified atom stereocenters. The molecule has 7 nitrogen and oxygen atoms in total. The van der Waals surface area contributed by atoms with Crippen LogP contribution in [0, 0.1) is 11.6 Å². The van der Waals surface area contributed by atoms with E-state index in [0.29, 0.717) is 43.2 Å². The lowest BCUT2D eigenvalue weighted by Crippen LogP contribution is -2.11. The van der Waals surface area contributed by atoms with Gasteiger partial charge < -0.3 is 24.3 Å². The Morgan fingerprint density at radius 2 is 1.95 bits per heavy atom. The zero-order chi connectivity index (χ0) is 25.7. The van der Waals surface area contributed by atoms with E-state index < -0.39 is 11.6 Å². The highest BCUT2D eigenvalue weighted by Gasteiger charge is 2.30. The van der Waals surface area contributed by atoms with E-state index in [1.54, 1.807) is 11.5 Å². The van der Waals surface area contributed by atoms with Gasteiger partial charge in [-0.3, -0.25) is 4.57 Å². The quantitative estimate of drug-likeness (QED) is 0.347. The monoisotopic (exact) mass is 505 g/mol. The predicted octanol–water partition coefficient (Wildman–Crippen LogP) is 5.70. The minimum absolute atomic E-state index is 0.0856. The van der Waals surface area contributed by atoms with Gasteiger partial charge in [0.2, 0.25) is 0 Å². The van der Waals surface area contributed by atoms with Crippen molar-refractivity contribution in [3.63, 3.8) is 0 Å².